The third-order valence-corrected chi connectivity index (χ3v) is 1.27. The van der Waals surface area contributed by atoms with Crippen molar-refractivity contribution >= 4 is 11.9 Å². The Labute approximate surface area is 78.9 Å². The van der Waals surface area contributed by atoms with E-state index in [-0.39, 0.29) is 0 Å². The molecule has 0 aliphatic rings. The van der Waals surface area contributed by atoms with E-state index in [1.54, 1.807) is 0 Å². The summed E-state index contributed by atoms with van der Waals surface area (Å²) in [6.07, 6.45) is 5.52. The minimum atomic E-state index is 0.389. The lowest BCUT2D eigenvalue weighted by Crippen LogP contribution is -2.13. The van der Waals surface area contributed by atoms with E-state index >= 15 is 0 Å². The maximum absolute atomic E-state index is 3.83. The van der Waals surface area contributed by atoms with Gasteiger partial charge in [-0.25, -0.2) is 9.97 Å². The molecule has 0 bridgehead atoms. The Balaban J connectivity index is 1.96. The molecule has 0 saturated carbocycles. The van der Waals surface area contributed by atoms with E-state index in [4.69, 9.17) is 0 Å². The second-order valence-corrected chi connectivity index (χ2v) is 2.17. The van der Waals surface area contributed by atoms with E-state index in [9.17, 15) is 0 Å². The van der Waals surface area contributed by atoms with Crippen LogP contribution < -0.4 is 10.9 Å². The van der Waals surface area contributed by atoms with Crippen molar-refractivity contribution in [3.05, 3.63) is 25.3 Å². The highest BCUT2D eigenvalue weighted by atomic mass is 15.4. The van der Waals surface area contributed by atoms with Gasteiger partial charge >= 0.3 is 0 Å². The van der Waals surface area contributed by atoms with Gasteiger partial charge in [-0.1, -0.05) is 0 Å². The molecule has 0 saturated heterocycles. The van der Waals surface area contributed by atoms with Gasteiger partial charge in [0, 0.05) is 0 Å². The highest BCUT2D eigenvalue weighted by Crippen LogP contribution is 1.94. The fourth-order valence-electron chi connectivity index (χ4n) is 0.719. The van der Waals surface area contributed by atoms with Crippen LogP contribution in [0.5, 0.6) is 0 Å². The number of aromatic nitrogens is 6. The summed E-state index contributed by atoms with van der Waals surface area (Å²) in [6, 6.07) is 0. The lowest BCUT2D eigenvalue weighted by Gasteiger charge is -2.03. The summed E-state index contributed by atoms with van der Waals surface area (Å²) in [5, 5.41) is 0. The van der Waals surface area contributed by atoms with Crippen LogP contribution in [0.2, 0.25) is 0 Å². The summed E-state index contributed by atoms with van der Waals surface area (Å²) < 4.78 is 0. The van der Waals surface area contributed by atoms with Crippen LogP contribution >= 0.6 is 0 Å². The number of nitrogens with one attached hydrogen (secondary N) is 2. The molecule has 0 radical (unpaired) electrons. The third-order valence-electron chi connectivity index (χ3n) is 1.27. The van der Waals surface area contributed by atoms with Crippen LogP contribution in [0.25, 0.3) is 0 Å². The molecule has 2 aromatic rings. The van der Waals surface area contributed by atoms with Crippen molar-refractivity contribution in [1.29, 1.82) is 0 Å². The smallest absolute Gasteiger partial charge is 0.244 e. The van der Waals surface area contributed by atoms with Gasteiger partial charge in [0.25, 0.3) is 0 Å². The number of hydrazine groups is 1. The van der Waals surface area contributed by atoms with Crippen LogP contribution in [0.1, 0.15) is 0 Å². The molecule has 0 aliphatic carbocycles. The second-order valence-electron chi connectivity index (χ2n) is 2.17. The highest BCUT2D eigenvalue weighted by Gasteiger charge is 1.94. The van der Waals surface area contributed by atoms with Crippen LogP contribution in [0.15, 0.2) is 25.3 Å². The first-order valence-electron chi connectivity index (χ1n) is 3.71. The normalized spacial score (nSPS) is 9.43. The van der Waals surface area contributed by atoms with Gasteiger partial charge in [-0.2, -0.15) is 19.9 Å². The van der Waals surface area contributed by atoms with Crippen molar-refractivity contribution in [3.63, 3.8) is 0 Å². The molecule has 0 spiro atoms. The molecule has 70 valence electrons. The summed E-state index contributed by atoms with van der Waals surface area (Å²) in [4.78, 5) is 22.6. The van der Waals surface area contributed by atoms with Crippen LogP contribution in [0, 0.1) is 0 Å². The fraction of sp³-hybridized carbons (Fsp3) is 0. The maximum Gasteiger partial charge on any atom is 0.244 e. The lowest BCUT2D eigenvalue weighted by atomic mass is 10.9. The standard InChI is InChI=1S/C6H6N8/c1-7-2-10-5(9-1)13-14-6-11-3-8-4-12-6/h1-4H,(H,7,9,10,13)(H,8,11,12,14). The first kappa shape index (κ1) is 8.23. The Morgan fingerprint density at radius 1 is 0.643 bits per heavy atom. The molecule has 2 aromatic heterocycles. The van der Waals surface area contributed by atoms with E-state index in [1.165, 1.54) is 25.3 Å². The molecular weight excluding hydrogens is 184 g/mol. The number of hydrogen-bond acceptors (Lipinski definition) is 8. The lowest BCUT2D eigenvalue weighted by molar-refractivity contribution is 1.01. The van der Waals surface area contributed by atoms with Crippen molar-refractivity contribution in [2.45, 2.75) is 0 Å². The number of nitrogens with zero attached hydrogens (tertiary/aromatic N) is 6. The van der Waals surface area contributed by atoms with Crippen molar-refractivity contribution in [1.82, 2.24) is 29.9 Å². The molecule has 2 heterocycles. The molecule has 0 atom stereocenters. The predicted molar refractivity (Wildman–Crippen MR) is 46.9 cm³/mol. The first-order chi connectivity index (χ1) is 6.95. The van der Waals surface area contributed by atoms with Gasteiger partial charge in [0.2, 0.25) is 11.9 Å². The van der Waals surface area contributed by atoms with Gasteiger partial charge in [-0.3, -0.25) is 10.9 Å². The van der Waals surface area contributed by atoms with Crippen LogP contribution in [0.4, 0.5) is 11.9 Å². The molecule has 0 aliphatic heterocycles. The molecule has 0 unspecified atom stereocenters. The molecule has 8 nitrogen and oxygen atoms in total. The monoisotopic (exact) mass is 190 g/mol. The van der Waals surface area contributed by atoms with E-state index in [0.717, 1.165) is 0 Å². The quantitative estimate of drug-likeness (QED) is 0.624. The Bertz CT molecular complexity index is 336. The van der Waals surface area contributed by atoms with Gasteiger partial charge in [0.05, 0.1) is 0 Å². The molecule has 0 fully saturated rings. The summed E-state index contributed by atoms with van der Waals surface area (Å²) in [7, 11) is 0. The molecule has 2 rings (SSSR count). The molecule has 2 N–H and O–H groups in total. The Hall–Kier alpha value is -2.38. The number of hydrogen-bond donors (Lipinski definition) is 2. The van der Waals surface area contributed by atoms with E-state index in [0.29, 0.717) is 11.9 Å². The molecule has 0 amide bonds. The van der Waals surface area contributed by atoms with E-state index < -0.39 is 0 Å². The number of rotatable bonds is 3. The second kappa shape index (κ2) is 4.03. The Morgan fingerprint density at radius 3 is 1.36 bits per heavy atom. The van der Waals surface area contributed by atoms with Crippen molar-refractivity contribution < 1.29 is 0 Å². The van der Waals surface area contributed by atoms with Gasteiger partial charge in [0.1, 0.15) is 25.3 Å². The van der Waals surface area contributed by atoms with Gasteiger partial charge in [0.15, 0.2) is 0 Å². The van der Waals surface area contributed by atoms with Crippen LogP contribution in [-0.4, -0.2) is 29.9 Å². The highest BCUT2D eigenvalue weighted by molar-refractivity contribution is 5.33. The molecule has 0 aromatic carbocycles. The summed E-state index contributed by atoms with van der Waals surface area (Å²) in [5.74, 6) is 0.779. The maximum atomic E-state index is 3.83. The zero-order valence-electron chi connectivity index (χ0n) is 6.99. The average molecular weight is 190 g/mol. The van der Waals surface area contributed by atoms with Crippen molar-refractivity contribution in [2.75, 3.05) is 10.9 Å². The molecule has 8 heteroatoms. The number of anilines is 2. The third kappa shape index (κ3) is 2.06. The minimum Gasteiger partial charge on any atom is -0.265 e. The van der Waals surface area contributed by atoms with Gasteiger partial charge in [-0.05, 0) is 0 Å². The largest absolute Gasteiger partial charge is 0.265 e. The SMILES string of the molecule is c1ncnc(NNc2ncncn2)n1. The van der Waals surface area contributed by atoms with E-state index in [2.05, 4.69) is 40.8 Å². The van der Waals surface area contributed by atoms with E-state index in [1.807, 2.05) is 0 Å². The first-order valence-corrected chi connectivity index (χ1v) is 3.71. The van der Waals surface area contributed by atoms with Crippen LogP contribution in [-0.2, 0) is 0 Å². The summed E-state index contributed by atoms with van der Waals surface area (Å²) in [6.45, 7) is 0. The minimum absolute atomic E-state index is 0.389. The topological polar surface area (TPSA) is 101 Å². The van der Waals surface area contributed by atoms with Crippen LogP contribution in [0.3, 0.4) is 0 Å². The van der Waals surface area contributed by atoms with Crippen molar-refractivity contribution in [3.8, 4) is 0 Å². The Kier molecular flexibility index (Phi) is 2.37. The predicted octanol–water partition coefficient (Wildman–Crippen LogP) is -0.504. The Morgan fingerprint density at radius 2 is 1.00 bits per heavy atom. The summed E-state index contributed by atoms with van der Waals surface area (Å²) >= 11 is 0. The average Bonchev–Trinajstić information content (AvgIpc) is 2.29. The fourth-order valence-corrected chi connectivity index (χ4v) is 0.719. The molecule has 14 heavy (non-hydrogen) atoms. The zero-order chi connectivity index (χ0) is 9.64. The van der Waals surface area contributed by atoms with Gasteiger partial charge in [-0.15, -0.1) is 0 Å². The van der Waals surface area contributed by atoms with Crippen molar-refractivity contribution in [2.24, 2.45) is 0 Å². The summed E-state index contributed by atoms with van der Waals surface area (Å²) in [5.41, 5.74) is 5.39. The zero-order valence-corrected chi connectivity index (χ0v) is 6.99. The van der Waals surface area contributed by atoms with Gasteiger partial charge < -0.3 is 0 Å². The molecular formula is C6H6N8.